The Hall–Kier alpha value is -0.610. The van der Waals surface area contributed by atoms with Crippen LogP contribution in [0.25, 0.3) is 0 Å². The van der Waals surface area contributed by atoms with Crippen LogP contribution in [0.1, 0.15) is 96.8 Å². The average molecular weight is 343 g/mol. The minimum Gasteiger partial charge on any atom is -0.481 e. The maximum atomic E-state index is 10.5. The molecule has 0 aromatic heterocycles. The van der Waals surface area contributed by atoms with Gasteiger partial charge in [-0.15, -0.1) is 0 Å². The molecule has 0 amide bonds. The Morgan fingerprint density at radius 3 is 2.21 bits per heavy atom. The van der Waals surface area contributed by atoms with E-state index in [1.54, 1.807) is 0 Å². The van der Waals surface area contributed by atoms with Gasteiger partial charge in [-0.05, 0) is 37.5 Å². The largest absolute Gasteiger partial charge is 0.481 e. The number of hydrogen-bond acceptors (Lipinski definition) is 3. The zero-order valence-electron chi connectivity index (χ0n) is 15.5. The van der Waals surface area contributed by atoms with E-state index in [0.29, 0.717) is 6.42 Å². The van der Waals surface area contributed by atoms with E-state index in [-0.39, 0.29) is 12.5 Å². The second-order valence-electron chi connectivity index (χ2n) is 7.71. The molecule has 4 nitrogen and oxygen atoms in total. The molecule has 1 rings (SSSR count). The van der Waals surface area contributed by atoms with E-state index >= 15 is 0 Å². The number of carboxylic acid groups (broad SMARTS) is 1. The second-order valence-corrected chi connectivity index (χ2v) is 7.71. The van der Waals surface area contributed by atoms with Crippen LogP contribution in [-0.4, -0.2) is 33.5 Å². The quantitative estimate of drug-likeness (QED) is 0.406. The smallest absolute Gasteiger partial charge is 0.305 e. The summed E-state index contributed by atoms with van der Waals surface area (Å²) in [5.74, 6) is 0.607. The summed E-state index contributed by atoms with van der Waals surface area (Å²) in [6, 6.07) is 0. The van der Waals surface area contributed by atoms with Gasteiger partial charge in [0.25, 0.3) is 0 Å². The molecule has 2 unspecified atom stereocenters. The predicted octanol–water partition coefficient (Wildman–Crippen LogP) is 4.52. The van der Waals surface area contributed by atoms with E-state index in [2.05, 4.69) is 6.92 Å². The number of aliphatic carboxylic acids is 1. The fourth-order valence-electron chi connectivity index (χ4n) is 4.14. The van der Waals surface area contributed by atoms with Crippen LogP contribution in [0.15, 0.2) is 0 Å². The topological polar surface area (TPSA) is 77.8 Å². The van der Waals surface area contributed by atoms with Gasteiger partial charge in [-0.2, -0.15) is 0 Å². The number of hydrogen-bond donors (Lipinski definition) is 3. The molecule has 0 aromatic rings. The summed E-state index contributed by atoms with van der Waals surface area (Å²) < 4.78 is 0. The Labute approximate surface area is 147 Å². The first-order chi connectivity index (χ1) is 11.5. The third kappa shape index (κ3) is 9.63. The van der Waals surface area contributed by atoms with Gasteiger partial charge in [-0.3, -0.25) is 4.79 Å². The lowest BCUT2D eigenvalue weighted by Gasteiger charge is -2.21. The highest BCUT2D eigenvalue weighted by molar-refractivity contribution is 5.67. The Morgan fingerprint density at radius 2 is 1.54 bits per heavy atom. The van der Waals surface area contributed by atoms with Gasteiger partial charge in [-0.25, -0.2) is 0 Å². The van der Waals surface area contributed by atoms with E-state index in [4.69, 9.17) is 5.11 Å². The van der Waals surface area contributed by atoms with Crippen LogP contribution in [0.4, 0.5) is 0 Å². The van der Waals surface area contributed by atoms with Gasteiger partial charge in [0.2, 0.25) is 0 Å². The lowest BCUT2D eigenvalue weighted by Crippen LogP contribution is -2.14. The summed E-state index contributed by atoms with van der Waals surface area (Å²) in [7, 11) is 0. The van der Waals surface area contributed by atoms with Crippen molar-refractivity contribution in [3.8, 4) is 0 Å². The highest BCUT2D eigenvalue weighted by Crippen LogP contribution is 2.38. The molecule has 0 bridgehead atoms. The molecule has 1 aliphatic rings. The van der Waals surface area contributed by atoms with Crippen molar-refractivity contribution in [1.82, 2.24) is 0 Å². The number of unbranched alkanes of at least 4 members (excludes halogenated alkanes) is 3. The zero-order chi connectivity index (χ0) is 17.8. The first-order valence-electron chi connectivity index (χ1n) is 10.1. The van der Waals surface area contributed by atoms with Crippen LogP contribution in [0.3, 0.4) is 0 Å². The molecule has 0 saturated heterocycles. The summed E-state index contributed by atoms with van der Waals surface area (Å²) in [4.78, 5) is 10.5. The molecular weight excluding hydrogens is 304 g/mol. The molecule has 0 aliphatic heterocycles. The molecule has 4 atom stereocenters. The van der Waals surface area contributed by atoms with Gasteiger partial charge in [0.1, 0.15) is 0 Å². The SMILES string of the molecule is CCCCCC(O)CC[C@H]1CCC[C@@H]1CCCCC(O)CC(=O)O. The van der Waals surface area contributed by atoms with Gasteiger partial charge < -0.3 is 15.3 Å². The van der Waals surface area contributed by atoms with Gasteiger partial charge in [0.05, 0.1) is 18.6 Å². The number of aliphatic hydroxyl groups is 2. The maximum absolute atomic E-state index is 10.5. The Balaban J connectivity index is 2.13. The van der Waals surface area contributed by atoms with Crippen LogP contribution in [-0.2, 0) is 4.79 Å². The molecular formula is C20H38O4. The molecule has 4 heteroatoms. The lowest BCUT2D eigenvalue weighted by molar-refractivity contribution is -0.139. The second kappa shape index (κ2) is 12.7. The summed E-state index contributed by atoms with van der Waals surface area (Å²) in [5, 5.41) is 28.3. The van der Waals surface area contributed by atoms with Gasteiger partial charge >= 0.3 is 5.97 Å². The molecule has 0 radical (unpaired) electrons. The Bertz CT molecular complexity index is 332. The molecule has 142 valence electrons. The summed E-state index contributed by atoms with van der Waals surface area (Å²) in [5.41, 5.74) is 0. The van der Waals surface area contributed by atoms with Crippen LogP contribution in [0.2, 0.25) is 0 Å². The average Bonchev–Trinajstić information content (AvgIpc) is 2.96. The van der Waals surface area contributed by atoms with Crippen molar-refractivity contribution in [1.29, 1.82) is 0 Å². The van der Waals surface area contributed by atoms with E-state index in [9.17, 15) is 15.0 Å². The fraction of sp³-hybridized carbons (Fsp3) is 0.950. The molecule has 0 spiro atoms. The third-order valence-corrected chi connectivity index (χ3v) is 5.60. The van der Waals surface area contributed by atoms with E-state index in [1.165, 1.54) is 38.5 Å². The first kappa shape index (κ1) is 21.4. The predicted molar refractivity (Wildman–Crippen MR) is 96.9 cm³/mol. The Morgan fingerprint density at radius 1 is 0.917 bits per heavy atom. The van der Waals surface area contributed by atoms with Crippen LogP contribution >= 0.6 is 0 Å². The minimum absolute atomic E-state index is 0.121. The van der Waals surface area contributed by atoms with Crippen LogP contribution < -0.4 is 0 Å². The van der Waals surface area contributed by atoms with Crippen molar-refractivity contribution in [2.45, 2.75) is 109 Å². The van der Waals surface area contributed by atoms with Gasteiger partial charge in [0.15, 0.2) is 0 Å². The first-order valence-corrected chi connectivity index (χ1v) is 10.1. The number of rotatable bonds is 14. The van der Waals surface area contributed by atoms with E-state index < -0.39 is 12.1 Å². The molecule has 0 aromatic carbocycles. The number of aliphatic hydroxyl groups excluding tert-OH is 2. The van der Waals surface area contributed by atoms with Crippen molar-refractivity contribution < 1.29 is 20.1 Å². The molecule has 1 fully saturated rings. The van der Waals surface area contributed by atoms with E-state index in [0.717, 1.165) is 50.4 Å². The molecule has 1 saturated carbocycles. The van der Waals surface area contributed by atoms with Crippen LogP contribution in [0.5, 0.6) is 0 Å². The summed E-state index contributed by atoms with van der Waals surface area (Å²) >= 11 is 0. The van der Waals surface area contributed by atoms with E-state index in [1.807, 2.05) is 0 Å². The van der Waals surface area contributed by atoms with Crippen molar-refractivity contribution in [3.05, 3.63) is 0 Å². The number of carbonyl (C=O) groups is 1. The molecule has 3 N–H and O–H groups in total. The lowest BCUT2D eigenvalue weighted by atomic mass is 9.86. The van der Waals surface area contributed by atoms with Gasteiger partial charge in [0, 0.05) is 0 Å². The molecule has 24 heavy (non-hydrogen) atoms. The van der Waals surface area contributed by atoms with Crippen molar-refractivity contribution in [3.63, 3.8) is 0 Å². The molecule has 0 heterocycles. The highest BCUT2D eigenvalue weighted by atomic mass is 16.4. The summed E-state index contributed by atoms with van der Waals surface area (Å²) in [6.45, 7) is 2.19. The van der Waals surface area contributed by atoms with Gasteiger partial charge in [-0.1, -0.05) is 64.7 Å². The van der Waals surface area contributed by atoms with Crippen molar-refractivity contribution in [2.75, 3.05) is 0 Å². The zero-order valence-corrected chi connectivity index (χ0v) is 15.5. The maximum Gasteiger partial charge on any atom is 0.305 e. The third-order valence-electron chi connectivity index (χ3n) is 5.60. The summed E-state index contributed by atoms with van der Waals surface area (Å²) in [6.07, 6.45) is 13.4. The van der Waals surface area contributed by atoms with Crippen molar-refractivity contribution >= 4 is 5.97 Å². The number of carboxylic acids is 1. The Kier molecular flexibility index (Phi) is 11.4. The minimum atomic E-state index is -0.921. The van der Waals surface area contributed by atoms with Crippen LogP contribution in [0, 0.1) is 11.8 Å². The monoisotopic (exact) mass is 342 g/mol. The highest BCUT2D eigenvalue weighted by Gasteiger charge is 2.27. The standard InChI is InChI=1S/C20H38O4/c1-2-3-4-11-18(21)14-13-17-10-7-9-16(17)8-5-6-12-19(22)15-20(23)24/h16-19,21-22H,2-15H2,1H3,(H,23,24)/t16-,17+,18?,19?/m0/s1. The fourth-order valence-corrected chi connectivity index (χ4v) is 4.14. The van der Waals surface area contributed by atoms with Crippen molar-refractivity contribution in [2.24, 2.45) is 11.8 Å². The normalized spacial score (nSPS) is 23.3. The molecule has 1 aliphatic carbocycles.